The Balaban J connectivity index is 1.79. The van der Waals surface area contributed by atoms with E-state index in [1.54, 1.807) is 6.92 Å². The summed E-state index contributed by atoms with van der Waals surface area (Å²) in [6.07, 6.45) is -1.63. The highest BCUT2D eigenvalue weighted by molar-refractivity contribution is 7.92. The quantitative estimate of drug-likeness (QED) is 0.581. The van der Waals surface area contributed by atoms with Gasteiger partial charge in [-0.15, -0.1) is 0 Å². The van der Waals surface area contributed by atoms with Gasteiger partial charge < -0.3 is 14.2 Å². The second-order valence-corrected chi connectivity index (χ2v) is 9.58. The zero-order chi connectivity index (χ0) is 20.9. The predicted octanol–water partition coefficient (Wildman–Crippen LogP) is 3.89. The van der Waals surface area contributed by atoms with Crippen LogP contribution in [0, 0.1) is 0 Å². The molecule has 0 spiro atoms. The molecule has 4 atom stereocenters. The van der Waals surface area contributed by atoms with Gasteiger partial charge in [0.25, 0.3) is 0 Å². The molecule has 0 aromatic heterocycles. The highest BCUT2D eigenvalue weighted by atomic mass is 32.2. The van der Waals surface area contributed by atoms with Crippen molar-refractivity contribution >= 4 is 9.84 Å². The lowest BCUT2D eigenvalue weighted by atomic mass is 10.1. The molecule has 0 aliphatic carbocycles. The second kappa shape index (κ2) is 9.67. The molecule has 2 aromatic rings. The molecular formula is C23H28O5S. The Morgan fingerprint density at radius 1 is 0.931 bits per heavy atom. The largest absolute Gasteiger partial charge is 0.368 e. The Labute approximate surface area is 173 Å². The Kier molecular flexibility index (Phi) is 7.24. The summed E-state index contributed by atoms with van der Waals surface area (Å²) in [6.45, 7) is 7.90. The third-order valence-corrected chi connectivity index (χ3v) is 6.76. The summed E-state index contributed by atoms with van der Waals surface area (Å²) >= 11 is 0. The molecule has 6 heteroatoms. The molecule has 0 N–H and O–H groups in total. The minimum Gasteiger partial charge on any atom is -0.368 e. The smallest absolute Gasteiger partial charge is 0.188 e. The van der Waals surface area contributed by atoms with Crippen LogP contribution in [0.3, 0.4) is 0 Å². The summed E-state index contributed by atoms with van der Waals surface area (Å²) in [7, 11) is -3.59. The fourth-order valence-electron chi connectivity index (χ4n) is 3.44. The van der Waals surface area contributed by atoms with E-state index in [9.17, 15) is 8.42 Å². The maximum atomic E-state index is 12.9. The fourth-order valence-corrected chi connectivity index (χ4v) is 5.28. The van der Waals surface area contributed by atoms with Gasteiger partial charge in [-0.2, -0.15) is 0 Å². The van der Waals surface area contributed by atoms with E-state index in [1.807, 2.05) is 67.6 Å². The topological polar surface area (TPSA) is 61.8 Å². The summed E-state index contributed by atoms with van der Waals surface area (Å²) in [5, 5.41) is 0. The molecule has 0 amide bonds. The Morgan fingerprint density at radius 2 is 1.41 bits per heavy atom. The molecule has 1 fully saturated rings. The molecule has 0 bridgehead atoms. The fraction of sp³-hybridized carbons (Fsp3) is 0.391. The summed E-state index contributed by atoms with van der Waals surface area (Å²) < 4.78 is 43.8. The van der Waals surface area contributed by atoms with Crippen molar-refractivity contribution in [2.24, 2.45) is 0 Å². The lowest BCUT2D eigenvalue weighted by Gasteiger charge is -2.24. The first-order chi connectivity index (χ1) is 13.9. The van der Waals surface area contributed by atoms with Crippen LogP contribution in [-0.2, 0) is 37.3 Å². The third-order valence-electron chi connectivity index (χ3n) is 4.78. The lowest BCUT2D eigenvalue weighted by Crippen LogP contribution is -2.41. The molecule has 1 saturated heterocycles. The minimum atomic E-state index is -3.59. The maximum Gasteiger partial charge on any atom is 0.188 e. The molecule has 1 aliphatic heterocycles. The van der Waals surface area contributed by atoms with Gasteiger partial charge in [0.05, 0.1) is 25.1 Å². The van der Waals surface area contributed by atoms with Gasteiger partial charge in [0.2, 0.25) is 0 Å². The van der Waals surface area contributed by atoms with Gasteiger partial charge >= 0.3 is 0 Å². The van der Waals surface area contributed by atoms with Crippen LogP contribution >= 0.6 is 0 Å². The standard InChI is InChI=1S/C23H28O5S/c1-17(2)16-29(24,25)23-22(27-15-20-12-8-5-9-13-20)21(18(3)28-23)26-14-19-10-6-4-7-11-19/h4-13,18,21-23H,1,14-16H2,2-3H3/t18-,21-,22-,23?/m1/s1. The minimum absolute atomic E-state index is 0.138. The van der Waals surface area contributed by atoms with Crippen LogP contribution in [0.1, 0.15) is 25.0 Å². The zero-order valence-corrected chi connectivity index (χ0v) is 17.7. The van der Waals surface area contributed by atoms with E-state index >= 15 is 0 Å². The summed E-state index contributed by atoms with van der Waals surface area (Å²) in [5.41, 5.74) is 1.45. The zero-order valence-electron chi connectivity index (χ0n) is 16.9. The van der Waals surface area contributed by atoms with Crippen LogP contribution in [0.15, 0.2) is 72.8 Å². The van der Waals surface area contributed by atoms with E-state index < -0.39 is 33.6 Å². The van der Waals surface area contributed by atoms with Gasteiger partial charge in [0.1, 0.15) is 12.2 Å². The van der Waals surface area contributed by atoms with E-state index in [-0.39, 0.29) is 12.4 Å². The molecule has 1 heterocycles. The maximum absolute atomic E-state index is 12.9. The van der Waals surface area contributed by atoms with E-state index in [0.717, 1.165) is 11.1 Å². The van der Waals surface area contributed by atoms with Crippen LogP contribution in [0.5, 0.6) is 0 Å². The SMILES string of the molecule is C=C(C)CS(=O)(=O)C1O[C@H](C)[C@@H](OCc2ccccc2)[C@H]1OCc1ccccc1. The first-order valence-corrected chi connectivity index (χ1v) is 11.4. The molecule has 0 saturated carbocycles. The Bertz CT molecular complexity index is 895. The van der Waals surface area contributed by atoms with E-state index in [2.05, 4.69) is 6.58 Å². The van der Waals surface area contributed by atoms with Gasteiger partial charge in [-0.05, 0) is 25.0 Å². The summed E-state index contributed by atoms with van der Waals surface area (Å²) in [5.74, 6) is -0.138. The predicted molar refractivity (Wildman–Crippen MR) is 113 cm³/mol. The molecule has 3 rings (SSSR count). The Hall–Kier alpha value is -1.99. The van der Waals surface area contributed by atoms with Crippen molar-refractivity contribution in [1.82, 2.24) is 0 Å². The van der Waals surface area contributed by atoms with Gasteiger partial charge in [0, 0.05) is 0 Å². The first kappa shape index (κ1) is 21.7. The molecule has 2 aromatic carbocycles. The van der Waals surface area contributed by atoms with Gasteiger partial charge in [-0.25, -0.2) is 8.42 Å². The van der Waals surface area contributed by atoms with Crippen molar-refractivity contribution in [1.29, 1.82) is 0 Å². The van der Waals surface area contributed by atoms with Crippen LogP contribution in [0.4, 0.5) is 0 Å². The number of ether oxygens (including phenoxy) is 3. The number of sulfone groups is 1. The van der Waals surface area contributed by atoms with Crippen LogP contribution < -0.4 is 0 Å². The van der Waals surface area contributed by atoms with Crippen molar-refractivity contribution in [3.05, 3.63) is 83.9 Å². The van der Waals surface area contributed by atoms with Gasteiger partial charge in [0.15, 0.2) is 15.3 Å². The number of hydrogen-bond donors (Lipinski definition) is 0. The summed E-state index contributed by atoms with van der Waals surface area (Å²) in [6, 6.07) is 19.4. The van der Waals surface area contributed by atoms with Crippen molar-refractivity contribution in [2.45, 2.75) is 50.8 Å². The highest BCUT2D eigenvalue weighted by Crippen LogP contribution is 2.32. The van der Waals surface area contributed by atoms with Crippen molar-refractivity contribution in [2.75, 3.05) is 5.75 Å². The molecule has 29 heavy (non-hydrogen) atoms. The van der Waals surface area contributed by atoms with Crippen LogP contribution in [0.2, 0.25) is 0 Å². The normalized spacial score (nSPS) is 24.5. The van der Waals surface area contributed by atoms with Crippen molar-refractivity contribution in [3.63, 3.8) is 0 Å². The van der Waals surface area contributed by atoms with Crippen LogP contribution in [-0.4, -0.2) is 37.9 Å². The third kappa shape index (κ3) is 5.76. The average molecular weight is 417 g/mol. The first-order valence-electron chi connectivity index (χ1n) is 9.69. The highest BCUT2D eigenvalue weighted by Gasteiger charge is 2.50. The van der Waals surface area contributed by atoms with Gasteiger partial charge in [-0.3, -0.25) is 0 Å². The molecule has 1 aliphatic rings. The average Bonchev–Trinajstić information content (AvgIpc) is 3.02. The number of rotatable bonds is 9. The van der Waals surface area contributed by atoms with Crippen molar-refractivity contribution in [3.8, 4) is 0 Å². The van der Waals surface area contributed by atoms with Crippen molar-refractivity contribution < 1.29 is 22.6 Å². The van der Waals surface area contributed by atoms with E-state index in [1.165, 1.54) is 0 Å². The molecule has 1 unspecified atom stereocenters. The number of benzene rings is 2. The monoisotopic (exact) mass is 416 g/mol. The molecule has 5 nitrogen and oxygen atoms in total. The molecular weight excluding hydrogens is 388 g/mol. The lowest BCUT2D eigenvalue weighted by molar-refractivity contribution is -0.0722. The van der Waals surface area contributed by atoms with E-state index in [4.69, 9.17) is 14.2 Å². The Morgan fingerprint density at radius 3 is 1.90 bits per heavy atom. The van der Waals surface area contributed by atoms with E-state index in [0.29, 0.717) is 12.2 Å². The molecule has 156 valence electrons. The summed E-state index contributed by atoms with van der Waals surface area (Å²) in [4.78, 5) is 0. The van der Waals surface area contributed by atoms with Crippen LogP contribution in [0.25, 0.3) is 0 Å². The number of hydrogen-bond acceptors (Lipinski definition) is 5. The second-order valence-electron chi connectivity index (χ2n) is 7.50. The molecule has 0 radical (unpaired) electrons. The van der Waals surface area contributed by atoms with Gasteiger partial charge in [-0.1, -0.05) is 72.8 Å².